The van der Waals surface area contributed by atoms with Gasteiger partial charge in [0.2, 0.25) is 0 Å². The Labute approximate surface area is 133 Å². The van der Waals surface area contributed by atoms with Gasteiger partial charge in [-0.25, -0.2) is 9.78 Å². The molecule has 0 radical (unpaired) electrons. The molecule has 1 amide bonds. The molecule has 2 rings (SSSR count). The number of benzene rings is 1. The second-order valence-corrected chi connectivity index (χ2v) is 5.18. The summed E-state index contributed by atoms with van der Waals surface area (Å²) in [5, 5.41) is 2.86. The predicted molar refractivity (Wildman–Crippen MR) is 84.1 cm³/mol. The Morgan fingerprint density at radius 2 is 1.95 bits per heavy atom. The molecule has 0 spiro atoms. The normalized spacial score (nSPS) is 10.1. The maximum absolute atomic E-state index is 11.8. The minimum Gasteiger partial charge on any atom is -0.452 e. The van der Waals surface area contributed by atoms with Crippen LogP contribution in [0.4, 0.5) is 5.69 Å². The molecule has 1 N–H and O–H groups in total. The van der Waals surface area contributed by atoms with E-state index in [1.165, 1.54) is 18.3 Å². The van der Waals surface area contributed by atoms with Crippen LogP contribution in [0.2, 0.25) is 5.15 Å². The maximum Gasteiger partial charge on any atom is 0.338 e. The lowest BCUT2D eigenvalue weighted by Gasteiger charge is -2.08. The van der Waals surface area contributed by atoms with Crippen LogP contribution in [0.5, 0.6) is 0 Å². The lowest BCUT2D eigenvalue weighted by Crippen LogP contribution is -2.21. The van der Waals surface area contributed by atoms with Crippen molar-refractivity contribution in [3.05, 3.63) is 58.4 Å². The van der Waals surface area contributed by atoms with Crippen LogP contribution in [-0.4, -0.2) is 23.5 Å². The lowest BCUT2D eigenvalue weighted by molar-refractivity contribution is -0.119. The van der Waals surface area contributed by atoms with Gasteiger partial charge in [-0.15, -0.1) is 0 Å². The van der Waals surface area contributed by atoms with Crippen molar-refractivity contribution in [1.29, 1.82) is 0 Å². The predicted octanol–water partition coefficient (Wildman–Crippen LogP) is 3.15. The van der Waals surface area contributed by atoms with E-state index in [4.69, 9.17) is 16.3 Å². The Morgan fingerprint density at radius 3 is 2.64 bits per heavy atom. The number of rotatable bonds is 4. The summed E-state index contributed by atoms with van der Waals surface area (Å²) in [4.78, 5) is 27.3. The Morgan fingerprint density at radius 1 is 1.18 bits per heavy atom. The van der Waals surface area contributed by atoms with Crippen molar-refractivity contribution in [2.75, 3.05) is 11.9 Å². The highest BCUT2D eigenvalue weighted by molar-refractivity contribution is 6.29. The highest BCUT2D eigenvalue weighted by atomic mass is 35.5. The number of ether oxygens (including phenoxy) is 1. The topological polar surface area (TPSA) is 68.3 Å². The summed E-state index contributed by atoms with van der Waals surface area (Å²) in [5.41, 5.74) is 3.12. The largest absolute Gasteiger partial charge is 0.452 e. The van der Waals surface area contributed by atoms with Crippen molar-refractivity contribution in [1.82, 2.24) is 4.98 Å². The molecule has 114 valence electrons. The molecule has 0 atom stereocenters. The van der Waals surface area contributed by atoms with Gasteiger partial charge in [0.05, 0.1) is 5.56 Å². The molecule has 1 heterocycles. The number of nitrogens with zero attached hydrogens (tertiary/aromatic N) is 1. The zero-order valence-electron chi connectivity index (χ0n) is 12.2. The van der Waals surface area contributed by atoms with Gasteiger partial charge in [0, 0.05) is 11.9 Å². The number of aryl methyl sites for hydroxylation is 2. The molecule has 0 fully saturated rings. The van der Waals surface area contributed by atoms with E-state index in [1.54, 1.807) is 6.07 Å². The van der Waals surface area contributed by atoms with Crippen LogP contribution in [0.3, 0.4) is 0 Å². The van der Waals surface area contributed by atoms with Crippen LogP contribution >= 0.6 is 11.6 Å². The van der Waals surface area contributed by atoms with Crippen LogP contribution in [-0.2, 0) is 9.53 Å². The number of pyridine rings is 1. The molecule has 1 aromatic heterocycles. The number of halogens is 1. The number of carbonyl (C=O) groups excluding carboxylic acids is 2. The second-order valence-electron chi connectivity index (χ2n) is 4.79. The van der Waals surface area contributed by atoms with E-state index in [1.807, 2.05) is 26.0 Å². The number of anilines is 1. The maximum atomic E-state index is 11.8. The van der Waals surface area contributed by atoms with Crippen LogP contribution in [0.15, 0.2) is 36.5 Å². The van der Waals surface area contributed by atoms with Crippen molar-refractivity contribution in [3.8, 4) is 0 Å². The Kier molecular flexibility index (Phi) is 5.12. The molecule has 1 aromatic carbocycles. The first-order chi connectivity index (χ1) is 10.5. The minimum absolute atomic E-state index is 0.189. The van der Waals surface area contributed by atoms with Crippen molar-refractivity contribution in [2.24, 2.45) is 0 Å². The summed E-state index contributed by atoms with van der Waals surface area (Å²) in [7, 11) is 0. The van der Waals surface area contributed by atoms with Crippen LogP contribution < -0.4 is 5.32 Å². The van der Waals surface area contributed by atoms with Crippen molar-refractivity contribution in [3.63, 3.8) is 0 Å². The smallest absolute Gasteiger partial charge is 0.338 e. The van der Waals surface area contributed by atoms with Gasteiger partial charge in [0.15, 0.2) is 6.61 Å². The third-order valence-corrected chi connectivity index (χ3v) is 3.29. The fourth-order valence-electron chi connectivity index (χ4n) is 1.76. The number of amides is 1. The van der Waals surface area contributed by atoms with E-state index < -0.39 is 11.9 Å². The molecule has 0 aliphatic carbocycles. The number of aromatic nitrogens is 1. The Balaban J connectivity index is 1.90. The van der Waals surface area contributed by atoms with E-state index in [0.29, 0.717) is 5.69 Å². The first-order valence-electron chi connectivity index (χ1n) is 6.61. The third kappa shape index (κ3) is 4.30. The zero-order valence-corrected chi connectivity index (χ0v) is 13.0. The summed E-state index contributed by atoms with van der Waals surface area (Å²) in [6.45, 7) is 3.58. The van der Waals surface area contributed by atoms with Crippen LogP contribution in [0, 0.1) is 13.8 Å². The number of hydrogen-bond donors (Lipinski definition) is 1. The molecule has 2 aromatic rings. The molecule has 0 saturated heterocycles. The van der Waals surface area contributed by atoms with Crippen molar-refractivity contribution >= 4 is 29.2 Å². The van der Waals surface area contributed by atoms with E-state index in [9.17, 15) is 9.59 Å². The molecule has 0 aliphatic rings. The van der Waals surface area contributed by atoms with Crippen LogP contribution in [0.25, 0.3) is 0 Å². The molecule has 0 unspecified atom stereocenters. The monoisotopic (exact) mass is 318 g/mol. The SMILES string of the molecule is Cc1ccc(NC(=O)COC(=O)c2ccnc(Cl)c2)cc1C. The van der Waals surface area contributed by atoms with Crippen LogP contribution in [0.1, 0.15) is 21.5 Å². The molecule has 5 nitrogen and oxygen atoms in total. The molecular weight excluding hydrogens is 304 g/mol. The van der Waals surface area contributed by atoms with Gasteiger partial charge < -0.3 is 10.1 Å². The van der Waals surface area contributed by atoms with Gasteiger partial charge in [-0.1, -0.05) is 17.7 Å². The van der Waals surface area contributed by atoms with Gasteiger partial charge in [0.25, 0.3) is 5.91 Å². The zero-order chi connectivity index (χ0) is 16.1. The van der Waals surface area contributed by atoms with E-state index in [2.05, 4.69) is 10.3 Å². The minimum atomic E-state index is -0.625. The highest BCUT2D eigenvalue weighted by Gasteiger charge is 2.11. The molecule has 0 bridgehead atoms. The fraction of sp³-hybridized carbons (Fsp3) is 0.188. The molecule has 0 aliphatic heterocycles. The van der Waals surface area contributed by atoms with E-state index >= 15 is 0 Å². The molecular formula is C16H15ClN2O3. The summed E-state index contributed by atoms with van der Waals surface area (Å²) in [6.07, 6.45) is 1.40. The average Bonchev–Trinajstić information content (AvgIpc) is 2.48. The summed E-state index contributed by atoms with van der Waals surface area (Å²) in [6, 6.07) is 8.42. The van der Waals surface area contributed by atoms with Gasteiger partial charge in [-0.3, -0.25) is 4.79 Å². The Bertz CT molecular complexity index is 716. The van der Waals surface area contributed by atoms with E-state index in [0.717, 1.165) is 11.1 Å². The number of nitrogens with one attached hydrogen (secondary N) is 1. The number of carbonyl (C=O) groups is 2. The van der Waals surface area contributed by atoms with Crippen molar-refractivity contribution in [2.45, 2.75) is 13.8 Å². The molecule has 22 heavy (non-hydrogen) atoms. The number of esters is 1. The summed E-state index contributed by atoms with van der Waals surface area (Å²) in [5.74, 6) is -1.03. The quantitative estimate of drug-likeness (QED) is 0.694. The van der Waals surface area contributed by atoms with Gasteiger partial charge in [-0.05, 0) is 49.2 Å². The lowest BCUT2D eigenvalue weighted by atomic mass is 10.1. The van der Waals surface area contributed by atoms with E-state index in [-0.39, 0.29) is 17.3 Å². The first kappa shape index (κ1) is 16.0. The van der Waals surface area contributed by atoms with Gasteiger partial charge in [-0.2, -0.15) is 0 Å². The highest BCUT2D eigenvalue weighted by Crippen LogP contribution is 2.14. The Hall–Kier alpha value is -2.40. The van der Waals surface area contributed by atoms with Gasteiger partial charge in [0.1, 0.15) is 5.15 Å². The van der Waals surface area contributed by atoms with Crippen molar-refractivity contribution < 1.29 is 14.3 Å². The average molecular weight is 319 g/mol. The standard InChI is InChI=1S/C16H15ClN2O3/c1-10-3-4-13(7-11(10)2)19-15(20)9-22-16(21)12-5-6-18-14(17)8-12/h3-8H,9H2,1-2H3,(H,19,20). The number of hydrogen-bond acceptors (Lipinski definition) is 4. The summed E-state index contributed by atoms with van der Waals surface area (Å²) >= 11 is 5.69. The fourth-order valence-corrected chi connectivity index (χ4v) is 1.93. The third-order valence-electron chi connectivity index (χ3n) is 3.09. The molecule has 6 heteroatoms. The van der Waals surface area contributed by atoms with Gasteiger partial charge >= 0.3 is 5.97 Å². The second kappa shape index (κ2) is 7.04. The molecule has 0 saturated carbocycles. The summed E-state index contributed by atoms with van der Waals surface area (Å²) < 4.78 is 4.93. The first-order valence-corrected chi connectivity index (χ1v) is 6.99.